The summed E-state index contributed by atoms with van der Waals surface area (Å²) in [5, 5.41) is 9.51. The zero-order valence-electron chi connectivity index (χ0n) is 7.54. The largest absolute Gasteiger partial charge is 0.504 e. The number of aromatic hydroxyl groups is 1. The maximum Gasteiger partial charge on any atom is 0.163 e. The van der Waals surface area contributed by atoms with E-state index in [2.05, 4.69) is 0 Å². The zero-order valence-corrected chi connectivity index (χ0v) is 7.54. The second-order valence-electron chi connectivity index (χ2n) is 2.83. The van der Waals surface area contributed by atoms with Gasteiger partial charge in [0.05, 0.1) is 7.11 Å². The van der Waals surface area contributed by atoms with Gasteiger partial charge in [0.2, 0.25) is 0 Å². The third kappa shape index (κ3) is 1.89. The minimum Gasteiger partial charge on any atom is -0.504 e. The fourth-order valence-corrected chi connectivity index (χ4v) is 1.10. The van der Waals surface area contributed by atoms with Crippen LogP contribution < -0.4 is 10.5 Å². The number of halogens is 1. The molecule has 0 unspecified atom stereocenters. The lowest BCUT2D eigenvalue weighted by molar-refractivity contribution is 0.365. The molecule has 0 amide bonds. The maximum absolute atomic E-state index is 12.9. The van der Waals surface area contributed by atoms with Gasteiger partial charge in [-0.1, -0.05) is 0 Å². The van der Waals surface area contributed by atoms with Crippen molar-refractivity contribution in [3.8, 4) is 11.5 Å². The summed E-state index contributed by atoms with van der Waals surface area (Å²) in [5.41, 5.74) is 5.87. The van der Waals surface area contributed by atoms with Crippen molar-refractivity contribution in [3.05, 3.63) is 23.5 Å². The topological polar surface area (TPSA) is 55.5 Å². The normalized spacial score (nSPS) is 12.6. The molecule has 0 spiro atoms. The summed E-state index contributed by atoms with van der Waals surface area (Å²) in [6, 6.07) is 1.88. The van der Waals surface area contributed by atoms with E-state index in [9.17, 15) is 9.50 Å². The predicted molar refractivity (Wildman–Crippen MR) is 47.2 cm³/mol. The summed E-state index contributed by atoms with van der Waals surface area (Å²) in [6.07, 6.45) is 0. The van der Waals surface area contributed by atoms with E-state index in [1.54, 1.807) is 6.92 Å². The molecule has 0 fully saturated rings. The van der Waals surface area contributed by atoms with Crippen molar-refractivity contribution >= 4 is 0 Å². The summed E-state index contributed by atoms with van der Waals surface area (Å²) in [7, 11) is 1.36. The molecule has 0 aliphatic carbocycles. The van der Waals surface area contributed by atoms with Crippen molar-refractivity contribution in [2.45, 2.75) is 13.0 Å². The Balaban J connectivity index is 3.27. The van der Waals surface area contributed by atoms with Gasteiger partial charge in [-0.3, -0.25) is 0 Å². The minimum atomic E-state index is -0.470. The Morgan fingerprint density at radius 1 is 1.54 bits per heavy atom. The Bertz CT molecular complexity index is 313. The van der Waals surface area contributed by atoms with Gasteiger partial charge >= 0.3 is 0 Å². The van der Waals surface area contributed by atoms with Gasteiger partial charge in [0.25, 0.3) is 0 Å². The molecule has 1 atom stereocenters. The Hall–Kier alpha value is -1.29. The molecule has 0 radical (unpaired) electrons. The van der Waals surface area contributed by atoms with Gasteiger partial charge in [-0.05, 0) is 13.0 Å². The fourth-order valence-electron chi connectivity index (χ4n) is 1.10. The quantitative estimate of drug-likeness (QED) is 0.735. The van der Waals surface area contributed by atoms with E-state index in [0.717, 1.165) is 6.07 Å². The van der Waals surface area contributed by atoms with Gasteiger partial charge in [-0.25, -0.2) is 4.39 Å². The van der Waals surface area contributed by atoms with Crippen LogP contribution in [0.1, 0.15) is 18.5 Å². The van der Waals surface area contributed by atoms with E-state index in [0.29, 0.717) is 5.56 Å². The third-order valence-electron chi connectivity index (χ3n) is 1.78. The average molecular weight is 185 g/mol. The summed E-state index contributed by atoms with van der Waals surface area (Å²) >= 11 is 0. The van der Waals surface area contributed by atoms with Crippen LogP contribution in [0, 0.1) is 5.82 Å². The Morgan fingerprint density at radius 2 is 2.15 bits per heavy atom. The predicted octanol–water partition coefficient (Wildman–Crippen LogP) is 1.56. The molecule has 1 aromatic rings. The molecule has 13 heavy (non-hydrogen) atoms. The minimum absolute atomic E-state index is 0.0982. The molecule has 0 heterocycles. The fraction of sp³-hybridized carbons (Fsp3) is 0.333. The second-order valence-corrected chi connectivity index (χ2v) is 2.83. The lowest BCUT2D eigenvalue weighted by Gasteiger charge is -2.11. The second kappa shape index (κ2) is 3.62. The zero-order chi connectivity index (χ0) is 10.0. The van der Waals surface area contributed by atoms with E-state index in [-0.39, 0.29) is 11.5 Å². The molecule has 1 aromatic carbocycles. The van der Waals surface area contributed by atoms with Gasteiger partial charge < -0.3 is 15.6 Å². The van der Waals surface area contributed by atoms with Gasteiger partial charge in [-0.15, -0.1) is 0 Å². The highest BCUT2D eigenvalue weighted by molar-refractivity contribution is 5.47. The number of benzene rings is 1. The van der Waals surface area contributed by atoms with Gasteiger partial charge in [-0.2, -0.15) is 0 Å². The molecule has 4 heteroatoms. The van der Waals surface area contributed by atoms with Gasteiger partial charge in [0.15, 0.2) is 11.5 Å². The number of hydrogen-bond donors (Lipinski definition) is 2. The maximum atomic E-state index is 12.9. The molecule has 0 saturated heterocycles. The van der Waals surface area contributed by atoms with Crippen molar-refractivity contribution in [2.75, 3.05) is 7.11 Å². The van der Waals surface area contributed by atoms with Crippen molar-refractivity contribution in [2.24, 2.45) is 5.73 Å². The first-order valence-corrected chi connectivity index (χ1v) is 3.88. The van der Waals surface area contributed by atoms with E-state index in [1.165, 1.54) is 13.2 Å². The lowest BCUT2D eigenvalue weighted by atomic mass is 10.1. The van der Waals surface area contributed by atoms with E-state index >= 15 is 0 Å². The van der Waals surface area contributed by atoms with Crippen LogP contribution in [0.2, 0.25) is 0 Å². The monoisotopic (exact) mass is 185 g/mol. The molecule has 3 nitrogen and oxygen atoms in total. The molecule has 0 bridgehead atoms. The Morgan fingerprint density at radius 3 is 2.62 bits per heavy atom. The molecule has 0 saturated carbocycles. The van der Waals surface area contributed by atoms with E-state index < -0.39 is 11.9 Å². The summed E-state index contributed by atoms with van der Waals surface area (Å²) in [4.78, 5) is 0. The van der Waals surface area contributed by atoms with Crippen molar-refractivity contribution in [3.63, 3.8) is 0 Å². The van der Waals surface area contributed by atoms with E-state index in [1.807, 2.05) is 0 Å². The standard InChI is InChI=1S/C9H12FNO2/c1-5(11)7-3-6(10)4-8(13-2)9(7)12/h3-5,12H,11H2,1-2H3/t5-/m0/s1. The van der Waals surface area contributed by atoms with Gasteiger partial charge in [0.1, 0.15) is 5.82 Å². The SMILES string of the molecule is COc1cc(F)cc([C@H](C)N)c1O. The van der Waals surface area contributed by atoms with Crippen LogP contribution in [-0.4, -0.2) is 12.2 Å². The van der Waals surface area contributed by atoms with Crippen LogP contribution in [0.15, 0.2) is 12.1 Å². The van der Waals surface area contributed by atoms with Crippen LogP contribution in [0.3, 0.4) is 0 Å². The highest BCUT2D eigenvalue weighted by Gasteiger charge is 2.13. The highest BCUT2D eigenvalue weighted by atomic mass is 19.1. The lowest BCUT2D eigenvalue weighted by Crippen LogP contribution is -2.06. The first-order valence-electron chi connectivity index (χ1n) is 3.88. The highest BCUT2D eigenvalue weighted by Crippen LogP contribution is 2.33. The number of ether oxygens (including phenoxy) is 1. The number of phenols is 1. The molecule has 72 valence electrons. The van der Waals surface area contributed by atoms with Crippen LogP contribution in [-0.2, 0) is 0 Å². The smallest absolute Gasteiger partial charge is 0.163 e. The Labute approximate surface area is 75.9 Å². The summed E-state index contributed by atoms with van der Waals surface area (Å²) in [6.45, 7) is 1.66. The van der Waals surface area contributed by atoms with Crippen LogP contribution in [0.4, 0.5) is 4.39 Å². The molecule has 3 N–H and O–H groups in total. The molecule has 1 rings (SSSR count). The van der Waals surface area contributed by atoms with Crippen LogP contribution in [0.25, 0.3) is 0 Å². The number of nitrogens with two attached hydrogens (primary N) is 1. The van der Waals surface area contributed by atoms with E-state index in [4.69, 9.17) is 10.5 Å². The number of hydrogen-bond acceptors (Lipinski definition) is 3. The van der Waals surface area contributed by atoms with Crippen molar-refractivity contribution in [1.82, 2.24) is 0 Å². The first kappa shape index (κ1) is 9.80. The summed E-state index contributed by atoms with van der Waals surface area (Å²) in [5.74, 6) is -0.465. The average Bonchev–Trinajstić information content (AvgIpc) is 2.08. The molecule has 0 aromatic heterocycles. The van der Waals surface area contributed by atoms with Crippen LogP contribution >= 0.6 is 0 Å². The molecular weight excluding hydrogens is 173 g/mol. The Kier molecular flexibility index (Phi) is 2.72. The van der Waals surface area contributed by atoms with Crippen LogP contribution in [0.5, 0.6) is 11.5 Å². The number of phenolic OH excluding ortho intramolecular Hbond substituents is 1. The van der Waals surface area contributed by atoms with Gasteiger partial charge in [0, 0.05) is 17.7 Å². The van der Waals surface area contributed by atoms with Crippen molar-refractivity contribution < 1.29 is 14.2 Å². The first-order chi connectivity index (χ1) is 6.06. The number of rotatable bonds is 2. The molecular formula is C9H12FNO2. The molecule has 0 aliphatic rings. The van der Waals surface area contributed by atoms with Crippen molar-refractivity contribution in [1.29, 1.82) is 0 Å². The molecule has 0 aliphatic heterocycles. The third-order valence-corrected chi connectivity index (χ3v) is 1.78. The summed E-state index contributed by atoms with van der Waals surface area (Å²) < 4.78 is 17.7. The number of methoxy groups -OCH3 is 1.